The normalized spacial score (nSPS) is 14.1. The van der Waals surface area contributed by atoms with Gasteiger partial charge in [0.1, 0.15) is 5.65 Å². The minimum Gasteiger partial charge on any atom is -0.309 e. The fraction of sp³-hybridized carbons (Fsp3) is 0. The highest BCUT2D eigenvalue weighted by Crippen LogP contribution is 2.53. The summed E-state index contributed by atoms with van der Waals surface area (Å²) in [5, 5.41) is 5.92. The maximum Gasteiger partial charge on any atom is 0.172 e. The van der Waals surface area contributed by atoms with Crippen LogP contribution in [0.15, 0.2) is 115 Å². The predicted molar refractivity (Wildman–Crippen MR) is 146 cm³/mol. The molecule has 3 nitrogen and oxygen atoms in total. The number of nitrogens with zero attached hydrogens (tertiary/aromatic N) is 2. The van der Waals surface area contributed by atoms with Gasteiger partial charge in [0.05, 0.1) is 16.6 Å². The molecule has 0 radical (unpaired) electrons. The van der Waals surface area contributed by atoms with E-state index in [2.05, 4.69) is 65.1 Å². The average Bonchev–Trinajstić information content (AvgIpc) is 3.44. The Hall–Kier alpha value is -4.20. The predicted octanol–water partition coefficient (Wildman–Crippen LogP) is 6.41. The monoisotopic (exact) mass is 466 g/mol. The van der Waals surface area contributed by atoms with Gasteiger partial charge in [0, 0.05) is 26.7 Å². The zero-order valence-corrected chi connectivity index (χ0v) is 19.6. The lowest BCUT2D eigenvalue weighted by Crippen LogP contribution is -2.22. The molecular weight excluding hydrogens is 447 g/mol. The second-order valence-electron chi connectivity index (χ2n) is 9.12. The molecule has 7 aromatic rings. The molecule has 1 aliphatic heterocycles. The Morgan fingerprint density at radius 2 is 1.11 bits per heavy atom. The van der Waals surface area contributed by atoms with Crippen molar-refractivity contribution in [2.45, 2.75) is 0 Å². The first-order chi connectivity index (χ1) is 17.3. The van der Waals surface area contributed by atoms with Gasteiger partial charge < -0.3 is 4.57 Å². The van der Waals surface area contributed by atoms with E-state index in [0.717, 1.165) is 65.4 Å². The Balaban J connectivity index is 1.64. The average molecular weight is 466 g/mol. The molecule has 0 saturated heterocycles. The number of para-hydroxylation sites is 2. The Kier molecular flexibility index (Phi) is 3.66. The van der Waals surface area contributed by atoms with Crippen LogP contribution in [0.5, 0.6) is 0 Å². The van der Waals surface area contributed by atoms with Crippen LogP contribution in [-0.2, 0) is 4.57 Å². The van der Waals surface area contributed by atoms with E-state index in [9.17, 15) is 0 Å². The maximum absolute atomic E-state index is 15.4. The van der Waals surface area contributed by atoms with Gasteiger partial charge in [0.2, 0.25) is 0 Å². The lowest BCUT2D eigenvalue weighted by Gasteiger charge is -2.20. The number of pyridine rings is 1. The van der Waals surface area contributed by atoms with Gasteiger partial charge in [0.15, 0.2) is 7.14 Å². The van der Waals surface area contributed by atoms with Crippen LogP contribution in [0, 0.1) is 0 Å². The summed E-state index contributed by atoms with van der Waals surface area (Å²) in [5.74, 6) is 0. The third kappa shape index (κ3) is 2.31. The van der Waals surface area contributed by atoms with E-state index >= 15 is 4.57 Å². The Morgan fingerprint density at radius 1 is 0.543 bits per heavy atom. The van der Waals surface area contributed by atoms with Crippen molar-refractivity contribution in [1.29, 1.82) is 0 Å². The van der Waals surface area contributed by atoms with Crippen molar-refractivity contribution in [2.24, 2.45) is 0 Å². The zero-order chi connectivity index (χ0) is 23.1. The first-order valence-electron chi connectivity index (χ1n) is 11.8. The summed E-state index contributed by atoms with van der Waals surface area (Å²) >= 11 is 0. The van der Waals surface area contributed by atoms with Crippen LogP contribution in [0.3, 0.4) is 0 Å². The molecule has 3 heterocycles. The molecule has 35 heavy (non-hydrogen) atoms. The molecule has 0 amide bonds. The van der Waals surface area contributed by atoms with Crippen molar-refractivity contribution in [3.05, 3.63) is 115 Å². The van der Waals surface area contributed by atoms with Crippen LogP contribution in [0.25, 0.3) is 49.5 Å². The number of hydrogen-bond donors (Lipinski definition) is 0. The Labute approximate surface area is 201 Å². The van der Waals surface area contributed by atoms with E-state index in [4.69, 9.17) is 4.98 Å². The van der Waals surface area contributed by atoms with Crippen molar-refractivity contribution in [2.75, 3.05) is 0 Å². The molecular formula is C31H19N2OP. The van der Waals surface area contributed by atoms with Gasteiger partial charge in [0.25, 0.3) is 0 Å². The maximum atomic E-state index is 15.4. The van der Waals surface area contributed by atoms with E-state index in [0.29, 0.717) is 0 Å². The summed E-state index contributed by atoms with van der Waals surface area (Å²) in [6, 6.07) is 39.2. The van der Waals surface area contributed by atoms with E-state index in [1.165, 1.54) is 0 Å². The molecule has 0 unspecified atom stereocenters. The van der Waals surface area contributed by atoms with Gasteiger partial charge >= 0.3 is 0 Å². The van der Waals surface area contributed by atoms with Gasteiger partial charge in [-0.3, -0.25) is 4.40 Å². The van der Waals surface area contributed by atoms with E-state index in [1.807, 2.05) is 54.6 Å². The minimum absolute atomic E-state index is 0.892. The quantitative estimate of drug-likeness (QED) is 0.207. The summed E-state index contributed by atoms with van der Waals surface area (Å²) in [5.41, 5.74) is 6.11. The highest BCUT2D eigenvalue weighted by Gasteiger charge is 2.41. The van der Waals surface area contributed by atoms with Gasteiger partial charge in [-0.1, -0.05) is 97.1 Å². The van der Waals surface area contributed by atoms with E-state index < -0.39 is 7.14 Å². The van der Waals surface area contributed by atoms with Crippen LogP contribution >= 0.6 is 7.14 Å². The van der Waals surface area contributed by atoms with Crippen molar-refractivity contribution < 1.29 is 4.57 Å². The van der Waals surface area contributed by atoms with Crippen LogP contribution in [0.2, 0.25) is 0 Å². The van der Waals surface area contributed by atoms with Crippen LogP contribution in [0.4, 0.5) is 0 Å². The van der Waals surface area contributed by atoms with Gasteiger partial charge in [-0.25, -0.2) is 4.98 Å². The molecule has 0 fully saturated rings. The summed E-state index contributed by atoms with van der Waals surface area (Å²) < 4.78 is 17.7. The zero-order valence-electron chi connectivity index (χ0n) is 18.7. The Morgan fingerprint density at radius 3 is 1.89 bits per heavy atom. The number of aromatic nitrogens is 2. The molecule has 4 heteroatoms. The standard InChI is InChI=1S/C31H19N2OP/c34-35(27-17-7-3-10-20(27)21-11-4-8-18-28(21)35)29-19-9-16-26-30(29)22-12-1-2-13-23(22)31-32-24-14-5-6-15-25(24)33(26)31/h1-19H. The van der Waals surface area contributed by atoms with Crippen molar-refractivity contribution in [3.8, 4) is 11.1 Å². The van der Waals surface area contributed by atoms with Gasteiger partial charge in [-0.15, -0.1) is 0 Å². The van der Waals surface area contributed by atoms with Crippen LogP contribution in [-0.4, -0.2) is 9.38 Å². The van der Waals surface area contributed by atoms with Gasteiger partial charge in [-0.2, -0.15) is 0 Å². The smallest absolute Gasteiger partial charge is 0.172 e. The summed E-state index contributed by atoms with van der Waals surface area (Å²) in [6.07, 6.45) is 0. The fourth-order valence-electron chi connectivity index (χ4n) is 5.94. The molecule has 2 aromatic heterocycles. The van der Waals surface area contributed by atoms with Crippen LogP contribution < -0.4 is 15.9 Å². The van der Waals surface area contributed by atoms with Crippen LogP contribution in [0.1, 0.15) is 0 Å². The van der Waals surface area contributed by atoms with Crippen molar-refractivity contribution >= 4 is 61.4 Å². The SMILES string of the molecule is O=P1(c2cccc3c2c2ccccc2c2nc4ccccc4n32)c2ccccc2-c2ccccc21. The topological polar surface area (TPSA) is 34.4 Å². The molecule has 1 aliphatic rings. The number of benzene rings is 5. The molecule has 0 spiro atoms. The fourth-order valence-corrected chi connectivity index (χ4v) is 9.23. The summed E-state index contributed by atoms with van der Waals surface area (Å²) in [7, 11) is -3.11. The molecule has 0 saturated carbocycles. The number of imidazole rings is 1. The lowest BCUT2D eigenvalue weighted by molar-refractivity contribution is 0.593. The molecule has 0 atom stereocenters. The second-order valence-corrected chi connectivity index (χ2v) is 11.8. The molecule has 0 N–H and O–H groups in total. The molecule has 0 aliphatic carbocycles. The third-order valence-corrected chi connectivity index (χ3v) is 10.6. The third-order valence-electron chi connectivity index (χ3n) is 7.38. The molecule has 8 rings (SSSR count). The van der Waals surface area contributed by atoms with E-state index in [1.54, 1.807) is 0 Å². The molecule has 5 aromatic carbocycles. The highest BCUT2D eigenvalue weighted by atomic mass is 31.2. The minimum atomic E-state index is -3.11. The summed E-state index contributed by atoms with van der Waals surface area (Å²) in [6.45, 7) is 0. The lowest BCUT2D eigenvalue weighted by atomic mass is 10.1. The first-order valence-corrected chi connectivity index (χ1v) is 13.5. The van der Waals surface area contributed by atoms with E-state index in [-0.39, 0.29) is 0 Å². The molecule has 0 bridgehead atoms. The number of fused-ring (bicyclic) bond motifs is 11. The molecule has 164 valence electrons. The number of hydrogen-bond acceptors (Lipinski definition) is 2. The first kappa shape index (κ1) is 19.1. The van der Waals surface area contributed by atoms with Crippen molar-refractivity contribution in [1.82, 2.24) is 9.38 Å². The second kappa shape index (κ2) is 6.69. The summed E-state index contributed by atoms with van der Waals surface area (Å²) in [4.78, 5) is 5.00. The number of rotatable bonds is 1. The van der Waals surface area contributed by atoms with Gasteiger partial charge in [-0.05, 0) is 34.7 Å². The Bertz CT molecular complexity index is 2000. The highest BCUT2D eigenvalue weighted by molar-refractivity contribution is 7.86. The largest absolute Gasteiger partial charge is 0.309 e. The van der Waals surface area contributed by atoms with Crippen molar-refractivity contribution in [3.63, 3.8) is 0 Å².